The Kier molecular flexibility index (Phi) is 7.81. The van der Waals surface area contributed by atoms with E-state index in [2.05, 4.69) is 0 Å². The topological polar surface area (TPSA) is 63.6 Å². The highest BCUT2D eigenvalue weighted by Crippen LogP contribution is 2.09. The molecule has 1 N–H and O–H groups in total. The number of carbonyl (C=O) groups is 2. The van der Waals surface area contributed by atoms with Crippen molar-refractivity contribution < 1.29 is 19.4 Å². The highest BCUT2D eigenvalue weighted by atomic mass is 16.5. The van der Waals surface area contributed by atoms with E-state index in [1.807, 2.05) is 6.92 Å². The first kappa shape index (κ1) is 15.1. The lowest BCUT2D eigenvalue weighted by Gasteiger charge is -2.13. The molecule has 4 heteroatoms. The fraction of sp³-hybridized carbons (Fsp3) is 0.833. The maximum Gasteiger partial charge on any atom is 0.313 e. The number of carbonyl (C=O) groups excluding carboxylic acids is 2. The number of rotatable bonds is 8. The zero-order valence-corrected chi connectivity index (χ0v) is 10.4. The van der Waals surface area contributed by atoms with Crippen LogP contribution < -0.4 is 0 Å². The fourth-order valence-electron chi connectivity index (χ4n) is 1.37. The van der Waals surface area contributed by atoms with E-state index in [4.69, 9.17) is 4.74 Å². The maximum atomic E-state index is 11.1. The molecule has 16 heavy (non-hydrogen) atoms. The third kappa shape index (κ3) is 8.41. The molecule has 0 aromatic carbocycles. The first-order chi connectivity index (χ1) is 7.45. The van der Waals surface area contributed by atoms with E-state index in [0.717, 1.165) is 25.7 Å². The molecule has 0 saturated carbocycles. The van der Waals surface area contributed by atoms with Crippen LogP contribution in [0.25, 0.3) is 0 Å². The van der Waals surface area contributed by atoms with E-state index < -0.39 is 5.97 Å². The molecule has 0 amide bonds. The van der Waals surface area contributed by atoms with Crippen LogP contribution >= 0.6 is 0 Å². The Morgan fingerprint density at radius 1 is 1.31 bits per heavy atom. The summed E-state index contributed by atoms with van der Waals surface area (Å²) in [7, 11) is 0. The van der Waals surface area contributed by atoms with Gasteiger partial charge in [-0.2, -0.15) is 0 Å². The molecule has 0 bridgehead atoms. The summed E-state index contributed by atoms with van der Waals surface area (Å²) in [5, 5.41) is 9.32. The Balaban J connectivity index is 3.61. The second kappa shape index (κ2) is 8.28. The van der Waals surface area contributed by atoms with Crippen molar-refractivity contribution in [1.29, 1.82) is 0 Å². The van der Waals surface area contributed by atoms with E-state index in [1.165, 1.54) is 6.92 Å². The van der Waals surface area contributed by atoms with Gasteiger partial charge in [0.15, 0.2) is 0 Å². The Morgan fingerprint density at radius 3 is 2.44 bits per heavy atom. The minimum absolute atomic E-state index is 0.151. The number of aliphatic hydroxyl groups excluding tert-OH is 1. The quantitative estimate of drug-likeness (QED) is 0.510. The maximum absolute atomic E-state index is 11.1. The lowest BCUT2D eigenvalue weighted by atomic mass is 10.1. The van der Waals surface area contributed by atoms with Crippen molar-refractivity contribution in [3.8, 4) is 0 Å². The molecule has 0 aliphatic heterocycles. The van der Waals surface area contributed by atoms with Gasteiger partial charge in [0.1, 0.15) is 12.2 Å². The van der Waals surface area contributed by atoms with Crippen LogP contribution in [0.1, 0.15) is 52.9 Å². The second-order valence-corrected chi connectivity index (χ2v) is 4.17. The van der Waals surface area contributed by atoms with Gasteiger partial charge >= 0.3 is 5.97 Å². The third-order valence-electron chi connectivity index (χ3n) is 2.35. The van der Waals surface area contributed by atoms with Gasteiger partial charge in [-0.25, -0.2) is 0 Å². The Morgan fingerprint density at radius 2 is 1.94 bits per heavy atom. The first-order valence-corrected chi connectivity index (χ1v) is 5.82. The highest BCUT2D eigenvalue weighted by Gasteiger charge is 2.11. The summed E-state index contributed by atoms with van der Waals surface area (Å²) in [5.41, 5.74) is 0. The zero-order valence-electron chi connectivity index (χ0n) is 10.4. The van der Waals surface area contributed by atoms with Crippen LogP contribution in [0.4, 0.5) is 0 Å². The molecule has 0 radical (unpaired) electrons. The van der Waals surface area contributed by atoms with Crippen molar-refractivity contribution in [3.05, 3.63) is 0 Å². The number of hydrogen-bond acceptors (Lipinski definition) is 4. The van der Waals surface area contributed by atoms with E-state index in [9.17, 15) is 14.7 Å². The van der Waals surface area contributed by atoms with E-state index in [1.54, 1.807) is 6.92 Å². The monoisotopic (exact) mass is 230 g/mol. The molecule has 0 spiro atoms. The van der Waals surface area contributed by atoms with Crippen LogP contribution in [0.15, 0.2) is 0 Å². The molecule has 0 aromatic heterocycles. The van der Waals surface area contributed by atoms with Crippen molar-refractivity contribution in [2.45, 2.75) is 65.1 Å². The van der Waals surface area contributed by atoms with Gasteiger partial charge in [0.25, 0.3) is 0 Å². The summed E-state index contributed by atoms with van der Waals surface area (Å²) in [6.07, 6.45) is 2.42. The summed E-state index contributed by atoms with van der Waals surface area (Å²) >= 11 is 0. The summed E-state index contributed by atoms with van der Waals surface area (Å²) in [4.78, 5) is 21.8. The number of ketones is 1. The molecule has 0 aliphatic carbocycles. The number of aliphatic hydroxyl groups is 1. The van der Waals surface area contributed by atoms with Gasteiger partial charge in [-0.3, -0.25) is 9.59 Å². The average Bonchev–Trinajstić information content (AvgIpc) is 2.15. The van der Waals surface area contributed by atoms with Crippen LogP contribution in [0.5, 0.6) is 0 Å². The van der Waals surface area contributed by atoms with Crippen LogP contribution in [0.2, 0.25) is 0 Å². The van der Waals surface area contributed by atoms with E-state index in [-0.39, 0.29) is 24.4 Å². The fourth-order valence-corrected chi connectivity index (χ4v) is 1.37. The Labute approximate surface area is 97.0 Å². The van der Waals surface area contributed by atoms with Gasteiger partial charge in [0.2, 0.25) is 0 Å². The van der Waals surface area contributed by atoms with Gasteiger partial charge < -0.3 is 9.84 Å². The van der Waals surface area contributed by atoms with Gasteiger partial charge in [-0.05, 0) is 39.5 Å². The van der Waals surface area contributed by atoms with Gasteiger partial charge in [-0.1, -0.05) is 6.92 Å². The zero-order chi connectivity index (χ0) is 12.6. The molecule has 0 heterocycles. The van der Waals surface area contributed by atoms with Gasteiger partial charge in [0, 0.05) is 0 Å². The smallest absolute Gasteiger partial charge is 0.313 e. The van der Waals surface area contributed by atoms with Crippen LogP contribution in [-0.4, -0.2) is 29.1 Å². The number of esters is 1. The molecule has 94 valence electrons. The molecule has 0 aliphatic rings. The minimum Gasteiger partial charge on any atom is -0.462 e. The lowest BCUT2D eigenvalue weighted by Crippen LogP contribution is -2.17. The normalized spacial score (nSPS) is 14.2. The standard InChI is InChI=1S/C12H22O4/c1-4-11(14)7-5-6-10(3)16-12(15)8-9(2)13/h10-11,14H,4-8H2,1-3H3. The number of hydrogen-bond donors (Lipinski definition) is 1. The summed E-state index contributed by atoms with van der Waals surface area (Å²) in [6, 6.07) is 0. The van der Waals surface area contributed by atoms with Crippen LogP contribution in [-0.2, 0) is 14.3 Å². The highest BCUT2D eigenvalue weighted by molar-refractivity contribution is 5.94. The average molecular weight is 230 g/mol. The van der Waals surface area contributed by atoms with Crippen molar-refractivity contribution in [1.82, 2.24) is 0 Å². The molecule has 0 fully saturated rings. The minimum atomic E-state index is -0.462. The Hall–Kier alpha value is -0.900. The third-order valence-corrected chi connectivity index (χ3v) is 2.35. The SMILES string of the molecule is CCC(O)CCCC(C)OC(=O)CC(C)=O. The predicted molar refractivity (Wildman–Crippen MR) is 61.0 cm³/mol. The van der Waals surface area contributed by atoms with Crippen molar-refractivity contribution >= 4 is 11.8 Å². The first-order valence-electron chi connectivity index (χ1n) is 5.82. The molecule has 0 rings (SSSR count). The summed E-state index contributed by atoms with van der Waals surface area (Å²) < 4.78 is 5.04. The largest absolute Gasteiger partial charge is 0.462 e. The molecular formula is C12H22O4. The summed E-state index contributed by atoms with van der Waals surface area (Å²) in [6.45, 7) is 5.10. The molecule has 2 atom stereocenters. The molecular weight excluding hydrogens is 208 g/mol. The van der Waals surface area contributed by atoms with E-state index in [0.29, 0.717) is 0 Å². The number of ether oxygens (including phenoxy) is 1. The van der Waals surface area contributed by atoms with Crippen molar-refractivity contribution in [2.75, 3.05) is 0 Å². The lowest BCUT2D eigenvalue weighted by molar-refractivity contribution is -0.150. The predicted octanol–water partition coefficient (Wildman–Crippen LogP) is 1.84. The molecule has 4 nitrogen and oxygen atoms in total. The number of Topliss-reactive ketones (excluding diaryl/α,β-unsaturated/α-hetero) is 1. The molecule has 0 saturated heterocycles. The van der Waals surface area contributed by atoms with Crippen molar-refractivity contribution in [2.24, 2.45) is 0 Å². The summed E-state index contributed by atoms with van der Waals surface area (Å²) in [5.74, 6) is -0.644. The van der Waals surface area contributed by atoms with Crippen molar-refractivity contribution in [3.63, 3.8) is 0 Å². The molecule has 0 aromatic rings. The van der Waals surface area contributed by atoms with Crippen LogP contribution in [0.3, 0.4) is 0 Å². The van der Waals surface area contributed by atoms with Crippen LogP contribution in [0, 0.1) is 0 Å². The second-order valence-electron chi connectivity index (χ2n) is 4.17. The van der Waals surface area contributed by atoms with E-state index >= 15 is 0 Å². The van der Waals surface area contributed by atoms with Gasteiger partial charge in [0.05, 0.1) is 12.2 Å². The Bertz CT molecular complexity index is 225. The molecule has 2 unspecified atom stereocenters. The van der Waals surface area contributed by atoms with Gasteiger partial charge in [-0.15, -0.1) is 0 Å².